The van der Waals surface area contributed by atoms with Gasteiger partial charge in [0.1, 0.15) is 11.4 Å². The fourth-order valence-corrected chi connectivity index (χ4v) is 4.79. The number of para-hydroxylation sites is 1. The maximum Gasteiger partial charge on any atom is 0.219 e. The van der Waals surface area contributed by atoms with Crippen LogP contribution in [0, 0.1) is 0 Å². The predicted molar refractivity (Wildman–Crippen MR) is 125 cm³/mol. The zero-order chi connectivity index (χ0) is 20.6. The van der Waals surface area contributed by atoms with Crippen LogP contribution in [0.1, 0.15) is 0 Å². The van der Waals surface area contributed by atoms with E-state index in [-0.39, 0.29) is 0 Å². The lowest BCUT2D eigenvalue weighted by atomic mass is 10.1. The van der Waals surface area contributed by atoms with Gasteiger partial charge in [0.05, 0.1) is 5.52 Å². The molecule has 0 aliphatic carbocycles. The first kappa shape index (κ1) is 18.0. The van der Waals surface area contributed by atoms with E-state index in [4.69, 9.17) is 4.74 Å². The number of pyridine rings is 2. The monoisotopic (exact) mass is 419 g/mol. The molecule has 0 radical (unpaired) electrons. The number of imidazole rings is 1. The van der Waals surface area contributed by atoms with Crippen LogP contribution >= 0.6 is 11.8 Å². The van der Waals surface area contributed by atoms with Crippen molar-refractivity contribution in [1.82, 2.24) is 14.4 Å². The van der Waals surface area contributed by atoms with Gasteiger partial charge in [0.15, 0.2) is 0 Å². The Hall–Kier alpha value is -3.83. The molecular formula is C26H17N3OS. The second-order valence-corrected chi connectivity index (χ2v) is 8.34. The second-order valence-electron chi connectivity index (χ2n) is 7.19. The SMILES string of the molecule is c1ccc(Oc2cccc(Sc3ccc4c5ccccc5n5ccnc5c4c3)c2)nc1. The molecule has 0 atom stereocenters. The van der Waals surface area contributed by atoms with Gasteiger partial charge in [-0.25, -0.2) is 9.97 Å². The maximum absolute atomic E-state index is 5.88. The minimum Gasteiger partial charge on any atom is -0.439 e. The van der Waals surface area contributed by atoms with E-state index in [0.717, 1.165) is 26.6 Å². The summed E-state index contributed by atoms with van der Waals surface area (Å²) in [4.78, 5) is 11.1. The number of hydrogen-bond donors (Lipinski definition) is 0. The quantitative estimate of drug-likeness (QED) is 0.289. The van der Waals surface area contributed by atoms with Crippen LogP contribution in [0.5, 0.6) is 11.6 Å². The van der Waals surface area contributed by atoms with Gasteiger partial charge in [-0.3, -0.25) is 4.40 Å². The Kier molecular flexibility index (Phi) is 4.32. The Morgan fingerprint density at radius 3 is 2.52 bits per heavy atom. The van der Waals surface area contributed by atoms with Crippen LogP contribution in [0.25, 0.3) is 27.3 Å². The third kappa shape index (κ3) is 3.29. The van der Waals surface area contributed by atoms with Crippen molar-refractivity contribution in [1.29, 1.82) is 0 Å². The first-order valence-electron chi connectivity index (χ1n) is 9.99. The molecule has 0 aliphatic rings. The van der Waals surface area contributed by atoms with Gasteiger partial charge in [0.2, 0.25) is 5.88 Å². The largest absolute Gasteiger partial charge is 0.439 e. The minimum absolute atomic E-state index is 0.587. The molecule has 0 unspecified atom stereocenters. The molecule has 3 aromatic carbocycles. The molecular weight excluding hydrogens is 402 g/mol. The first-order valence-corrected chi connectivity index (χ1v) is 10.8. The highest BCUT2D eigenvalue weighted by Gasteiger charge is 2.10. The van der Waals surface area contributed by atoms with Crippen molar-refractivity contribution in [2.75, 3.05) is 0 Å². The van der Waals surface area contributed by atoms with Crippen molar-refractivity contribution in [3.63, 3.8) is 0 Å². The molecule has 6 aromatic rings. The molecule has 0 saturated heterocycles. The molecule has 0 fully saturated rings. The topological polar surface area (TPSA) is 39.4 Å². The summed E-state index contributed by atoms with van der Waals surface area (Å²) in [7, 11) is 0. The van der Waals surface area contributed by atoms with Crippen molar-refractivity contribution in [2.45, 2.75) is 9.79 Å². The molecule has 0 saturated carbocycles. The van der Waals surface area contributed by atoms with Crippen LogP contribution in [-0.2, 0) is 0 Å². The van der Waals surface area contributed by atoms with Crippen molar-refractivity contribution >= 4 is 39.1 Å². The predicted octanol–water partition coefficient (Wildman–Crippen LogP) is 6.98. The maximum atomic E-state index is 5.88. The number of ether oxygens (including phenoxy) is 1. The fraction of sp³-hybridized carbons (Fsp3) is 0. The molecule has 6 rings (SSSR count). The summed E-state index contributed by atoms with van der Waals surface area (Å²) in [5, 5.41) is 3.59. The van der Waals surface area contributed by atoms with Crippen LogP contribution in [0.4, 0.5) is 0 Å². The summed E-state index contributed by atoms with van der Waals surface area (Å²) in [5.41, 5.74) is 2.14. The first-order chi connectivity index (χ1) is 15.3. The van der Waals surface area contributed by atoms with Gasteiger partial charge in [-0.05, 0) is 47.9 Å². The normalized spacial score (nSPS) is 11.4. The standard InChI is InChI=1S/C26H17N3OS/c1-2-9-24-22(8-1)21-12-11-20(17-23(21)26-28-14-15-29(24)26)31-19-7-5-6-18(16-19)30-25-10-3-4-13-27-25/h1-17H. The number of aromatic nitrogens is 3. The zero-order valence-electron chi connectivity index (χ0n) is 16.5. The van der Waals surface area contributed by atoms with Gasteiger partial charge in [0, 0.05) is 45.2 Å². The van der Waals surface area contributed by atoms with Gasteiger partial charge in [-0.15, -0.1) is 0 Å². The molecule has 0 amide bonds. The number of hydrogen-bond acceptors (Lipinski definition) is 4. The average Bonchev–Trinajstić information content (AvgIpc) is 3.31. The van der Waals surface area contributed by atoms with E-state index in [9.17, 15) is 0 Å². The lowest BCUT2D eigenvalue weighted by molar-refractivity contribution is 0.462. The summed E-state index contributed by atoms with van der Waals surface area (Å²) in [6, 6.07) is 28.8. The molecule has 3 heterocycles. The molecule has 0 aliphatic heterocycles. The molecule has 0 N–H and O–H groups in total. The van der Waals surface area contributed by atoms with Crippen LogP contribution in [-0.4, -0.2) is 14.4 Å². The molecule has 0 bridgehead atoms. The number of nitrogens with zero attached hydrogens (tertiary/aromatic N) is 3. The van der Waals surface area contributed by atoms with Crippen LogP contribution in [0.15, 0.2) is 113 Å². The lowest BCUT2D eigenvalue weighted by Gasteiger charge is -2.10. The third-order valence-electron chi connectivity index (χ3n) is 5.23. The number of fused-ring (bicyclic) bond motifs is 6. The van der Waals surface area contributed by atoms with Gasteiger partial charge in [-0.1, -0.05) is 48.2 Å². The summed E-state index contributed by atoms with van der Waals surface area (Å²) in [6.07, 6.45) is 5.61. The Labute approximate surface area is 183 Å². The minimum atomic E-state index is 0.587. The summed E-state index contributed by atoms with van der Waals surface area (Å²) < 4.78 is 8.04. The van der Waals surface area contributed by atoms with Gasteiger partial charge >= 0.3 is 0 Å². The molecule has 148 valence electrons. The average molecular weight is 420 g/mol. The Balaban J connectivity index is 1.39. The van der Waals surface area contributed by atoms with Gasteiger partial charge < -0.3 is 4.74 Å². The van der Waals surface area contributed by atoms with E-state index >= 15 is 0 Å². The molecule has 5 heteroatoms. The number of rotatable bonds is 4. The van der Waals surface area contributed by atoms with Crippen molar-refractivity contribution < 1.29 is 4.74 Å². The highest BCUT2D eigenvalue weighted by molar-refractivity contribution is 7.99. The summed E-state index contributed by atoms with van der Waals surface area (Å²) in [6.45, 7) is 0. The Bertz CT molecular complexity index is 1540. The Morgan fingerprint density at radius 2 is 1.58 bits per heavy atom. The number of benzene rings is 3. The lowest BCUT2D eigenvalue weighted by Crippen LogP contribution is -1.90. The molecule has 4 nitrogen and oxygen atoms in total. The van der Waals surface area contributed by atoms with Crippen molar-refractivity contribution in [3.05, 3.63) is 104 Å². The van der Waals surface area contributed by atoms with Crippen molar-refractivity contribution in [2.24, 2.45) is 0 Å². The smallest absolute Gasteiger partial charge is 0.219 e. The van der Waals surface area contributed by atoms with Crippen molar-refractivity contribution in [3.8, 4) is 11.6 Å². The second kappa shape index (κ2) is 7.45. The third-order valence-corrected chi connectivity index (χ3v) is 6.21. The van der Waals surface area contributed by atoms with Gasteiger partial charge in [-0.2, -0.15) is 0 Å². The zero-order valence-corrected chi connectivity index (χ0v) is 17.3. The van der Waals surface area contributed by atoms with E-state index in [1.54, 1.807) is 18.0 Å². The molecule has 0 spiro atoms. The molecule has 31 heavy (non-hydrogen) atoms. The summed E-state index contributed by atoms with van der Waals surface area (Å²) >= 11 is 1.71. The van der Waals surface area contributed by atoms with E-state index in [1.165, 1.54) is 16.3 Å². The fourth-order valence-electron chi connectivity index (χ4n) is 3.88. The van der Waals surface area contributed by atoms with E-state index < -0.39 is 0 Å². The van der Waals surface area contributed by atoms with Crippen LogP contribution in [0.2, 0.25) is 0 Å². The van der Waals surface area contributed by atoms with Crippen LogP contribution in [0.3, 0.4) is 0 Å². The highest BCUT2D eigenvalue weighted by Crippen LogP contribution is 2.36. The highest BCUT2D eigenvalue weighted by atomic mass is 32.2. The van der Waals surface area contributed by atoms with E-state index in [0.29, 0.717) is 5.88 Å². The van der Waals surface area contributed by atoms with E-state index in [1.807, 2.05) is 48.8 Å². The summed E-state index contributed by atoms with van der Waals surface area (Å²) in [5.74, 6) is 1.36. The van der Waals surface area contributed by atoms with Crippen LogP contribution < -0.4 is 4.74 Å². The molecule has 3 aromatic heterocycles. The van der Waals surface area contributed by atoms with E-state index in [2.05, 4.69) is 62.9 Å². The van der Waals surface area contributed by atoms with Gasteiger partial charge in [0.25, 0.3) is 0 Å². The Morgan fingerprint density at radius 1 is 0.677 bits per heavy atom.